The first-order valence-corrected chi connectivity index (χ1v) is 11.1. The fourth-order valence-electron chi connectivity index (χ4n) is 4.14. The fraction of sp³-hybridized carbons (Fsp3) is 0.375. The van der Waals surface area contributed by atoms with Gasteiger partial charge in [0.05, 0.1) is 5.52 Å². The average Bonchev–Trinajstić information content (AvgIpc) is 3.27. The summed E-state index contributed by atoms with van der Waals surface area (Å²) in [4.78, 5) is 26.9. The average molecular weight is 435 g/mol. The number of hydrogen-bond acceptors (Lipinski definition) is 5. The highest BCUT2D eigenvalue weighted by atomic mass is 16.2. The lowest BCUT2D eigenvalue weighted by Gasteiger charge is -2.34. The molecule has 2 amide bonds. The maximum absolute atomic E-state index is 12.8. The molecule has 0 saturated carbocycles. The van der Waals surface area contributed by atoms with Crippen molar-refractivity contribution in [3.63, 3.8) is 0 Å². The first-order valence-electron chi connectivity index (χ1n) is 11.1. The summed E-state index contributed by atoms with van der Waals surface area (Å²) in [5.41, 5.74) is 3.48. The van der Waals surface area contributed by atoms with Crippen LogP contribution < -0.4 is 20.9 Å². The number of carbonyl (C=O) groups excluding carboxylic acids is 2. The number of aromatic nitrogens is 2. The van der Waals surface area contributed by atoms with Crippen LogP contribution in [0.3, 0.4) is 0 Å². The van der Waals surface area contributed by atoms with Crippen molar-refractivity contribution in [3.05, 3.63) is 59.8 Å². The largest absolute Gasteiger partial charge is 0.368 e. The summed E-state index contributed by atoms with van der Waals surface area (Å²) < 4.78 is 0. The molecule has 1 fully saturated rings. The standard InChI is InChI=1S/C24H30N6O2/c1-16(17-6-4-3-5-7-17)10-11-27-23(31)21-15-30(13-12-26-21)18-8-9-19-20(14-18)28-29-22(19)24(32)25-2/h3-9,14,16,21,26H,10-13,15H2,1-2H3,(H,25,32)(H,27,31)(H,28,29). The van der Waals surface area contributed by atoms with Crippen LogP contribution in [0.2, 0.25) is 0 Å². The van der Waals surface area contributed by atoms with Gasteiger partial charge in [-0.3, -0.25) is 14.7 Å². The van der Waals surface area contributed by atoms with E-state index in [4.69, 9.17) is 0 Å². The first kappa shape index (κ1) is 21.8. The summed E-state index contributed by atoms with van der Waals surface area (Å²) >= 11 is 0. The molecule has 8 heteroatoms. The van der Waals surface area contributed by atoms with E-state index in [1.165, 1.54) is 5.56 Å². The van der Waals surface area contributed by atoms with Crippen molar-refractivity contribution in [2.45, 2.75) is 25.3 Å². The summed E-state index contributed by atoms with van der Waals surface area (Å²) in [6, 6.07) is 16.0. The Bertz CT molecular complexity index is 1080. The third kappa shape index (κ3) is 4.75. The molecule has 1 saturated heterocycles. The molecule has 0 aliphatic carbocycles. The smallest absolute Gasteiger partial charge is 0.272 e. The molecule has 1 aromatic heterocycles. The second-order valence-electron chi connectivity index (χ2n) is 8.23. The van der Waals surface area contributed by atoms with Gasteiger partial charge in [0.2, 0.25) is 5.91 Å². The lowest BCUT2D eigenvalue weighted by molar-refractivity contribution is -0.123. The van der Waals surface area contributed by atoms with Gasteiger partial charge in [0.1, 0.15) is 6.04 Å². The van der Waals surface area contributed by atoms with Crippen LogP contribution in [-0.2, 0) is 4.79 Å². The number of hydrogen-bond donors (Lipinski definition) is 4. The number of nitrogens with one attached hydrogen (secondary N) is 4. The number of H-pyrrole nitrogens is 1. The molecule has 1 aliphatic rings. The van der Waals surface area contributed by atoms with E-state index in [0.29, 0.717) is 24.7 Å². The molecule has 3 aromatic rings. The van der Waals surface area contributed by atoms with Gasteiger partial charge in [0.25, 0.3) is 5.91 Å². The molecule has 1 aliphatic heterocycles. The number of anilines is 1. The Hall–Kier alpha value is -3.39. The molecule has 0 spiro atoms. The Morgan fingerprint density at radius 2 is 2.03 bits per heavy atom. The quantitative estimate of drug-likeness (QED) is 0.456. The molecular formula is C24H30N6O2. The van der Waals surface area contributed by atoms with Crippen molar-refractivity contribution in [1.29, 1.82) is 0 Å². The third-order valence-corrected chi connectivity index (χ3v) is 6.09. The van der Waals surface area contributed by atoms with Gasteiger partial charge in [-0.25, -0.2) is 0 Å². The minimum Gasteiger partial charge on any atom is -0.368 e. The zero-order valence-electron chi connectivity index (χ0n) is 18.5. The number of carbonyl (C=O) groups is 2. The van der Waals surface area contributed by atoms with Crippen LogP contribution in [0.5, 0.6) is 0 Å². The van der Waals surface area contributed by atoms with E-state index in [1.807, 2.05) is 36.4 Å². The number of amides is 2. The van der Waals surface area contributed by atoms with Crippen LogP contribution >= 0.6 is 0 Å². The van der Waals surface area contributed by atoms with Gasteiger partial charge in [0, 0.05) is 44.3 Å². The van der Waals surface area contributed by atoms with Crippen LogP contribution in [0.15, 0.2) is 48.5 Å². The molecule has 168 valence electrons. The number of fused-ring (bicyclic) bond motifs is 1. The maximum atomic E-state index is 12.8. The highest BCUT2D eigenvalue weighted by Gasteiger charge is 2.26. The van der Waals surface area contributed by atoms with Crippen molar-refractivity contribution in [3.8, 4) is 0 Å². The molecule has 2 atom stereocenters. The van der Waals surface area contributed by atoms with Crippen molar-refractivity contribution in [2.75, 3.05) is 38.1 Å². The van der Waals surface area contributed by atoms with Crippen molar-refractivity contribution in [2.24, 2.45) is 0 Å². The summed E-state index contributed by atoms with van der Waals surface area (Å²) in [7, 11) is 1.59. The normalized spacial score (nSPS) is 17.2. The topological polar surface area (TPSA) is 102 Å². The molecular weight excluding hydrogens is 404 g/mol. The molecule has 0 bridgehead atoms. The minimum absolute atomic E-state index is 0.0273. The number of aromatic amines is 1. The summed E-state index contributed by atoms with van der Waals surface area (Å²) in [6.07, 6.45) is 0.899. The van der Waals surface area contributed by atoms with Gasteiger partial charge in [-0.2, -0.15) is 5.10 Å². The molecule has 2 aromatic carbocycles. The predicted molar refractivity (Wildman–Crippen MR) is 126 cm³/mol. The van der Waals surface area contributed by atoms with Crippen molar-refractivity contribution >= 4 is 28.4 Å². The minimum atomic E-state index is -0.269. The van der Waals surface area contributed by atoms with Gasteiger partial charge in [-0.15, -0.1) is 0 Å². The number of rotatable bonds is 7. The molecule has 4 rings (SSSR count). The SMILES string of the molecule is CNC(=O)c1n[nH]c2cc(N3CCNC(C(=O)NCCC(C)c4ccccc4)C3)ccc12. The Morgan fingerprint density at radius 3 is 2.81 bits per heavy atom. The van der Waals surface area contributed by atoms with E-state index in [-0.39, 0.29) is 17.9 Å². The van der Waals surface area contributed by atoms with Crippen LogP contribution in [0, 0.1) is 0 Å². The molecule has 2 unspecified atom stereocenters. The Kier molecular flexibility index (Phi) is 6.70. The Morgan fingerprint density at radius 1 is 1.22 bits per heavy atom. The highest BCUT2D eigenvalue weighted by molar-refractivity contribution is 6.05. The number of nitrogens with zero attached hydrogens (tertiary/aromatic N) is 2. The van der Waals surface area contributed by atoms with E-state index in [1.54, 1.807) is 7.05 Å². The van der Waals surface area contributed by atoms with Crippen LogP contribution in [0.1, 0.15) is 35.3 Å². The highest BCUT2D eigenvalue weighted by Crippen LogP contribution is 2.24. The van der Waals surface area contributed by atoms with E-state index < -0.39 is 0 Å². The summed E-state index contributed by atoms with van der Waals surface area (Å²) in [5.74, 6) is 0.206. The monoisotopic (exact) mass is 434 g/mol. The molecule has 0 radical (unpaired) electrons. The zero-order chi connectivity index (χ0) is 22.5. The predicted octanol–water partition coefficient (Wildman–Crippen LogP) is 2.01. The third-order valence-electron chi connectivity index (χ3n) is 6.09. The van der Waals surface area contributed by atoms with Crippen LogP contribution in [0.4, 0.5) is 5.69 Å². The summed E-state index contributed by atoms with van der Waals surface area (Å²) in [6.45, 7) is 4.94. The number of benzene rings is 2. The molecule has 2 heterocycles. The number of piperazine rings is 1. The Balaban J connectivity index is 1.34. The van der Waals surface area contributed by atoms with Gasteiger partial charge >= 0.3 is 0 Å². The van der Waals surface area contributed by atoms with Crippen LogP contribution in [-0.4, -0.2) is 61.3 Å². The van der Waals surface area contributed by atoms with Gasteiger partial charge in [-0.1, -0.05) is 37.3 Å². The van der Waals surface area contributed by atoms with Gasteiger partial charge in [0.15, 0.2) is 5.69 Å². The van der Waals surface area contributed by atoms with Crippen molar-refractivity contribution in [1.82, 2.24) is 26.1 Å². The first-order chi connectivity index (χ1) is 15.6. The van der Waals surface area contributed by atoms with Crippen LogP contribution in [0.25, 0.3) is 10.9 Å². The Labute approximate surface area is 187 Å². The van der Waals surface area contributed by atoms with Gasteiger partial charge < -0.3 is 20.9 Å². The molecule has 32 heavy (non-hydrogen) atoms. The van der Waals surface area contributed by atoms with Crippen molar-refractivity contribution < 1.29 is 9.59 Å². The van der Waals surface area contributed by atoms with E-state index in [9.17, 15) is 9.59 Å². The zero-order valence-corrected chi connectivity index (χ0v) is 18.5. The second kappa shape index (κ2) is 9.82. The van der Waals surface area contributed by atoms with Gasteiger partial charge in [-0.05, 0) is 36.1 Å². The van der Waals surface area contributed by atoms with E-state index in [0.717, 1.165) is 36.1 Å². The fourth-order valence-corrected chi connectivity index (χ4v) is 4.14. The second-order valence-corrected chi connectivity index (χ2v) is 8.23. The van der Waals surface area contributed by atoms with E-state index >= 15 is 0 Å². The lowest BCUT2D eigenvalue weighted by atomic mass is 9.98. The lowest BCUT2D eigenvalue weighted by Crippen LogP contribution is -2.57. The van der Waals surface area contributed by atoms with E-state index in [2.05, 4.69) is 50.1 Å². The molecule has 4 N–H and O–H groups in total. The molecule has 8 nitrogen and oxygen atoms in total. The maximum Gasteiger partial charge on any atom is 0.272 e. The summed E-state index contributed by atoms with van der Waals surface area (Å²) in [5, 5.41) is 16.9.